The van der Waals surface area contributed by atoms with E-state index >= 15 is 0 Å². The molecule has 2 aromatic carbocycles. The Morgan fingerprint density at radius 2 is 1.94 bits per heavy atom. The van der Waals surface area contributed by atoms with E-state index in [9.17, 15) is 12.8 Å². The molecule has 0 fully saturated rings. The van der Waals surface area contributed by atoms with E-state index in [0.717, 1.165) is 12.1 Å². The highest BCUT2D eigenvalue weighted by atomic mass is 32.2. The Labute approximate surface area is 183 Å². The summed E-state index contributed by atoms with van der Waals surface area (Å²) < 4.78 is 48.8. The third-order valence-electron chi connectivity index (χ3n) is 4.54. The van der Waals surface area contributed by atoms with Crippen LogP contribution in [0, 0.1) is 5.82 Å². The highest BCUT2D eigenvalue weighted by Gasteiger charge is 2.16. The number of benzene rings is 2. The smallest absolute Gasteiger partial charge is 0.240 e. The van der Waals surface area contributed by atoms with E-state index in [2.05, 4.69) is 14.8 Å². The second-order valence-corrected chi connectivity index (χ2v) is 9.41. The number of hydrogen-bond acceptors (Lipinski definition) is 6. The summed E-state index contributed by atoms with van der Waals surface area (Å²) in [5.74, 6) is 0.552. The lowest BCUT2D eigenvalue weighted by Crippen LogP contribution is -2.26. The van der Waals surface area contributed by atoms with Crippen molar-refractivity contribution in [2.45, 2.75) is 24.7 Å². The van der Waals surface area contributed by atoms with E-state index in [4.69, 9.17) is 4.74 Å². The molecule has 10 heteroatoms. The van der Waals surface area contributed by atoms with Crippen molar-refractivity contribution in [2.24, 2.45) is 0 Å². The fourth-order valence-corrected chi connectivity index (χ4v) is 4.87. The van der Waals surface area contributed by atoms with E-state index in [1.54, 1.807) is 34.8 Å². The van der Waals surface area contributed by atoms with Gasteiger partial charge >= 0.3 is 0 Å². The van der Waals surface area contributed by atoms with Crippen molar-refractivity contribution in [3.8, 4) is 17.1 Å². The summed E-state index contributed by atoms with van der Waals surface area (Å²) in [5, 5.41) is 6.27. The Morgan fingerprint density at radius 1 is 1.16 bits per heavy atom. The molecule has 0 saturated heterocycles. The van der Waals surface area contributed by atoms with Crippen molar-refractivity contribution >= 4 is 26.3 Å². The molecule has 4 aromatic rings. The lowest BCUT2D eigenvalue weighted by atomic mass is 10.2. The first-order chi connectivity index (χ1) is 15.0. The van der Waals surface area contributed by atoms with Crippen LogP contribution >= 0.6 is 11.3 Å². The first-order valence-corrected chi connectivity index (χ1v) is 12.1. The summed E-state index contributed by atoms with van der Waals surface area (Å²) in [6.45, 7) is 2.78. The van der Waals surface area contributed by atoms with Crippen LogP contribution < -0.4 is 9.46 Å². The number of halogens is 1. The van der Waals surface area contributed by atoms with Gasteiger partial charge in [-0.05, 0) is 42.8 Å². The molecule has 2 heterocycles. The highest BCUT2D eigenvalue weighted by Crippen LogP contribution is 2.23. The molecule has 0 aliphatic rings. The lowest BCUT2D eigenvalue weighted by Gasteiger charge is -2.08. The molecule has 0 saturated carbocycles. The van der Waals surface area contributed by atoms with Gasteiger partial charge in [-0.2, -0.15) is 4.98 Å². The Hall–Kier alpha value is -2.82. The molecule has 0 unspecified atom stereocenters. The van der Waals surface area contributed by atoms with Gasteiger partial charge in [0.2, 0.25) is 15.0 Å². The fraction of sp³-hybridized carbons (Fsp3) is 0.238. The van der Waals surface area contributed by atoms with Gasteiger partial charge < -0.3 is 4.74 Å². The lowest BCUT2D eigenvalue weighted by molar-refractivity contribution is 0.317. The van der Waals surface area contributed by atoms with Crippen molar-refractivity contribution in [3.05, 3.63) is 65.4 Å². The van der Waals surface area contributed by atoms with Crippen molar-refractivity contribution in [1.82, 2.24) is 19.3 Å². The van der Waals surface area contributed by atoms with Gasteiger partial charge in [-0.1, -0.05) is 19.1 Å². The Balaban J connectivity index is 1.43. The van der Waals surface area contributed by atoms with Gasteiger partial charge in [0, 0.05) is 18.3 Å². The normalized spacial score (nSPS) is 11.8. The predicted molar refractivity (Wildman–Crippen MR) is 117 cm³/mol. The molecule has 31 heavy (non-hydrogen) atoms. The average molecular weight is 461 g/mol. The van der Waals surface area contributed by atoms with Gasteiger partial charge in [0.1, 0.15) is 11.6 Å². The quantitative estimate of drug-likeness (QED) is 0.409. The number of nitrogens with zero attached hydrogens (tertiary/aromatic N) is 3. The second kappa shape index (κ2) is 9.13. The number of sulfonamides is 1. The molecule has 0 bridgehead atoms. The van der Waals surface area contributed by atoms with Crippen LogP contribution in [0.15, 0.2) is 58.8 Å². The van der Waals surface area contributed by atoms with Gasteiger partial charge in [0.15, 0.2) is 5.82 Å². The number of ether oxygens (including phenoxy) is 1. The SMILES string of the molecule is CCCOc1ccc(S(=O)(=O)NCCc2csc3nc(-c4ccccc4F)nn23)cc1. The Morgan fingerprint density at radius 3 is 2.68 bits per heavy atom. The summed E-state index contributed by atoms with van der Waals surface area (Å²) in [6.07, 6.45) is 1.29. The minimum absolute atomic E-state index is 0.175. The zero-order chi connectivity index (χ0) is 21.8. The second-order valence-electron chi connectivity index (χ2n) is 6.80. The molecule has 0 radical (unpaired) electrons. The first kappa shape index (κ1) is 21.4. The number of nitrogens with one attached hydrogen (secondary N) is 1. The molecule has 4 rings (SSSR count). The number of hydrogen-bond donors (Lipinski definition) is 1. The summed E-state index contributed by atoms with van der Waals surface area (Å²) in [5.41, 5.74) is 1.12. The van der Waals surface area contributed by atoms with Gasteiger partial charge in [-0.25, -0.2) is 22.0 Å². The van der Waals surface area contributed by atoms with E-state index in [1.807, 2.05) is 12.3 Å². The minimum atomic E-state index is -3.64. The van der Waals surface area contributed by atoms with Crippen LogP contribution in [0.4, 0.5) is 4.39 Å². The van der Waals surface area contributed by atoms with Gasteiger partial charge in [0.05, 0.1) is 22.8 Å². The van der Waals surface area contributed by atoms with E-state index < -0.39 is 10.0 Å². The van der Waals surface area contributed by atoms with Crippen molar-refractivity contribution < 1.29 is 17.5 Å². The number of fused-ring (bicyclic) bond motifs is 1. The zero-order valence-electron chi connectivity index (χ0n) is 16.8. The number of rotatable bonds is 9. The van der Waals surface area contributed by atoms with Crippen molar-refractivity contribution in [1.29, 1.82) is 0 Å². The van der Waals surface area contributed by atoms with Crippen LogP contribution in [-0.2, 0) is 16.4 Å². The van der Waals surface area contributed by atoms with E-state index in [0.29, 0.717) is 35.1 Å². The van der Waals surface area contributed by atoms with Gasteiger partial charge in [-0.3, -0.25) is 0 Å². The zero-order valence-corrected chi connectivity index (χ0v) is 18.4. The Bertz CT molecular complexity index is 1280. The molecule has 0 aliphatic heterocycles. The predicted octanol–water partition coefficient (Wildman–Crippen LogP) is 3.91. The van der Waals surface area contributed by atoms with Crippen LogP contribution in [0.2, 0.25) is 0 Å². The molecule has 0 aliphatic carbocycles. The highest BCUT2D eigenvalue weighted by molar-refractivity contribution is 7.89. The molecular weight excluding hydrogens is 439 g/mol. The maximum Gasteiger partial charge on any atom is 0.240 e. The Kier molecular flexibility index (Phi) is 6.30. The standard InChI is InChI=1S/C21H21FN4O3S2/c1-2-13-29-16-7-9-17(10-8-16)31(27,28)23-12-11-15-14-30-21-24-20(25-26(15)21)18-5-3-4-6-19(18)22/h3-10,14,23H,2,11-13H2,1H3. The summed E-state index contributed by atoms with van der Waals surface area (Å²) in [4.78, 5) is 5.18. The maximum absolute atomic E-state index is 14.0. The van der Waals surface area contributed by atoms with Crippen LogP contribution in [0.1, 0.15) is 19.0 Å². The molecule has 0 atom stereocenters. The van der Waals surface area contributed by atoms with Crippen LogP contribution in [-0.4, -0.2) is 36.2 Å². The summed E-state index contributed by atoms with van der Waals surface area (Å²) >= 11 is 1.37. The summed E-state index contributed by atoms with van der Waals surface area (Å²) in [6, 6.07) is 12.7. The maximum atomic E-state index is 14.0. The molecular formula is C21H21FN4O3S2. The number of aromatic nitrogens is 3. The topological polar surface area (TPSA) is 85.6 Å². The molecule has 0 amide bonds. The molecule has 7 nitrogen and oxygen atoms in total. The van der Waals surface area contributed by atoms with Crippen LogP contribution in [0.25, 0.3) is 16.3 Å². The van der Waals surface area contributed by atoms with Crippen LogP contribution in [0.3, 0.4) is 0 Å². The van der Waals surface area contributed by atoms with Gasteiger partial charge in [0.25, 0.3) is 0 Å². The van der Waals surface area contributed by atoms with Crippen molar-refractivity contribution in [3.63, 3.8) is 0 Å². The van der Waals surface area contributed by atoms with Gasteiger partial charge in [-0.15, -0.1) is 16.4 Å². The number of thiazole rings is 1. The largest absolute Gasteiger partial charge is 0.494 e. The molecule has 2 aromatic heterocycles. The summed E-state index contributed by atoms with van der Waals surface area (Å²) in [7, 11) is -3.64. The minimum Gasteiger partial charge on any atom is -0.494 e. The third-order valence-corrected chi connectivity index (χ3v) is 6.89. The van der Waals surface area contributed by atoms with Crippen molar-refractivity contribution in [2.75, 3.05) is 13.2 Å². The third kappa shape index (κ3) is 4.76. The van der Waals surface area contributed by atoms with E-state index in [-0.39, 0.29) is 17.3 Å². The average Bonchev–Trinajstić information content (AvgIpc) is 3.34. The first-order valence-electron chi connectivity index (χ1n) is 9.78. The molecule has 1 N–H and O–H groups in total. The van der Waals surface area contributed by atoms with Crippen LogP contribution in [0.5, 0.6) is 5.75 Å². The molecule has 162 valence electrons. The monoisotopic (exact) mass is 460 g/mol. The van der Waals surface area contributed by atoms with E-state index in [1.165, 1.54) is 29.5 Å². The fourth-order valence-electron chi connectivity index (χ4n) is 2.99. The molecule has 0 spiro atoms.